The van der Waals surface area contributed by atoms with E-state index in [1.54, 1.807) is 0 Å². The molecule has 0 radical (unpaired) electrons. The second kappa shape index (κ2) is 6.50. The van der Waals surface area contributed by atoms with Crippen LogP contribution in [0.1, 0.15) is 42.0 Å². The SMILES string of the molecule is Cc1cc(C#Cc2ccc(N(C)C)cc2)ccc1C(C)C. The van der Waals surface area contributed by atoms with Gasteiger partial charge in [-0.3, -0.25) is 0 Å². The van der Waals surface area contributed by atoms with E-state index in [0.29, 0.717) is 5.92 Å². The Bertz CT molecular complexity index is 667. The molecule has 2 aromatic carbocycles. The van der Waals surface area contributed by atoms with E-state index in [9.17, 15) is 0 Å². The Hall–Kier alpha value is -2.20. The highest BCUT2D eigenvalue weighted by Gasteiger charge is 2.02. The minimum atomic E-state index is 0.561. The van der Waals surface area contributed by atoms with Crippen LogP contribution in [0.3, 0.4) is 0 Å². The number of aryl methyl sites for hydroxylation is 1. The van der Waals surface area contributed by atoms with Crippen molar-refractivity contribution < 1.29 is 0 Å². The Morgan fingerprint density at radius 1 is 0.857 bits per heavy atom. The second-order valence-corrected chi connectivity index (χ2v) is 5.92. The normalized spacial score (nSPS) is 10.2. The molecule has 1 heteroatoms. The lowest BCUT2D eigenvalue weighted by molar-refractivity contribution is 0.856. The van der Waals surface area contributed by atoms with Gasteiger partial charge in [-0.1, -0.05) is 31.8 Å². The van der Waals surface area contributed by atoms with E-state index in [2.05, 4.69) is 80.0 Å². The Kier molecular flexibility index (Phi) is 4.70. The molecule has 0 atom stereocenters. The highest BCUT2D eigenvalue weighted by atomic mass is 15.1. The monoisotopic (exact) mass is 277 g/mol. The van der Waals surface area contributed by atoms with Crippen molar-refractivity contribution in [2.24, 2.45) is 0 Å². The van der Waals surface area contributed by atoms with Crippen molar-refractivity contribution in [3.05, 3.63) is 64.7 Å². The minimum absolute atomic E-state index is 0.561. The molecule has 21 heavy (non-hydrogen) atoms. The van der Waals surface area contributed by atoms with Crippen LogP contribution in [0.4, 0.5) is 5.69 Å². The lowest BCUT2D eigenvalue weighted by Crippen LogP contribution is -2.07. The maximum Gasteiger partial charge on any atom is 0.0361 e. The van der Waals surface area contributed by atoms with Crippen LogP contribution < -0.4 is 4.90 Å². The zero-order chi connectivity index (χ0) is 15.4. The molecule has 0 heterocycles. The maximum atomic E-state index is 3.25. The van der Waals surface area contributed by atoms with E-state index in [4.69, 9.17) is 0 Å². The van der Waals surface area contributed by atoms with Crippen LogP contribution in [0.15, 0.2) is 42.5 Å². The predicted octanol–water partition coefficient (Wildman–Crippen LogP) is 4.58. The molecule has 2 rings (SSSR count). The highest BCUT2D eigenvalue weighted by Crippen LogP contribution is 2.19. The van der Waals surface area contributed by atoms with Crippen molar-refractivity contribution in [3.8, 4) is 11.8 Å². The van der Waals surface area contributed by atoms with E-state index in [0.717, 1.165) is 11.1 Å². The van der Waals surface area contributed by atoms with Crippen LogP contribution in [0.25, 0.3) is 0 Å². The molecule has 108 valence electrons. The molecule has 0 aliphatic rings. The van der Waals surface area contributed by atoms with Crippen LogP contribution in [-0.2, 0) is 0 Å². The summed E-state index contributed by atoms with van der Waals surface area (Å²) in [4.78, 5) is 2.09. The molecule has 0 saturated heterocycles. The van der Waals surface area contributed by atoms with Gasteiger partial charge in [0.1, 0.15) is 0 Å². The van der Waals surface area contributed by atoms with Crippen LogP contribution >= 0.6 is 0 Å². The number of nitrogens with zero attached hydrogens (tertiary/aromatic N) is 1. The second-order valence-electron chi connectivity index (χ2n) is 5.92. The van der Waals surface area contributed by atoms with Gasteiger partial charge in [0.25, 0.3) is 0 Å². The summed E-state index contributed by atoms with van der Waals surface area (Å²) in [5, 5.41) is 0. The summed E-state index contributed by atoms with van der Waals surface area (Å²) in [7, 11) is 4.08. The van der Waals surface area contributed by atoms with Gasteiger partial charge in [0.2, 0.25) is 0 Å². The third kappa shape index (κ3) is 3.89. The predicted molar refractivity (Wildman–Crippen MR) is 92.0 cm³/mol. The molecular weight excluding hydrogens is 254 g/mol. The summed E-state index contributed by atoms with van der Waals surface area (Å²) in [6.07, 6.45) is 0. The quantitative estimate of drug-likeness (QED) is 0.726. The van der Waals surface area contributed by atoms with Crippen molar-refractivity contribution in [1.82, 2.24) is 0 Å². The topological polar surface area (TPSA) is 3.24 Å². The van der Waals surface area contributed by atoms with Crippen LogP contribution in [0.2, 0.25) is 0 Å². The summed E-state index contributed by atoms with van der Waals surface area (Å²) in [5.74, 6) is 7.05. The van der Waals surface area contributed by atoms with Gasteiger partial charge in [-0.15, -0.1) is 0 Å². The van der Waals surface area contributed by atoms with E-state index in [1.807, 2.05) is 14.1 Å². The number of anilines is 1. The van der Waals surface area contributed by atoms with E-state index < -0.39 is 0 Å². The minimum Gasteiger partial charge on any atom is -0.378 e. The van der Waals surface area contributed by atoms with Gasteiger partial charge in [0.15, 0.2) is 0 Å². The lowest BCUT2D eigenvalue weighted by Gasteiger charge is -2.11. The van der Waals surface area contributed by atoms with Crippen molar-refractivity contribution >= 4 is 5.69 Å². The van der Waals surface area contributed by atoms with Crippen molar-refractivity contribution in [2.75, 3.05) is 19.0 Å². The largest absolute Gasteiger partial charge is 0.378 e. The molecule has 0 aromatic heterocycles. The first-order valence-electron chi connectivity index (χ1n) is 7.37. The Labute approximate surface area is 128 Å². The smallest absolute Gasteiger partial charge is 0.0361 e. The molecule has 0 unspecified atom stereocenters. The molecule has 0 aliphatic carbocycles. The first-order valence-corrected chi connectivity index (χ1v) is 7.37. The number of hydrogen-bond acceptors (Lipinski definition) is 1. The van der Waals surface area contributed by atoms with Crippen LogP contribution in [0.5, 0.6) is 0 Å². The average molecular weight is 277 g/mol. The van der Waals surface area contributed by atoms with E-state index in [-0.39, 0.29) is 0 Å². The Balaban J connectivity index is 2.21. The van der Waals surface area contributed by atoms with Crippen LogP contribution in [0, 0.1) is 18.8 Å². The Morgan fingerprint density at radius 3 is 1.95 bits per heavy atom. The van der Waals surface area contributed by atoms with Gasteiger partial charge >= 0.3 is 0 Å². The molecule has 0 spiro atoms. The number of rotatable bonds is 2. The third-order valence-corrected chi connectivity index (χ3v) is 3.63. The zero-order valence-electron chi connectivity index (χ0n) is 13.6. The van der Waals surface area contributed by atoms with E-state index in [1.165, 1.54) is 16.8 Å². The summed E-state index contributed by atoms with van der Waals surface area (Å²) in [6.45, 7) is 6.60. The molecule has 0 N–H and O–H groups in total. The summed E-state index contributed by atoms with van der Waals surface area (Å²) in [6, 6.07) is 14.8. The number of benzene rings is 2. The van der Waals surface area contributed by atoms with Crippen LogP contribution in [-0.4, -0.2) is 14.1 Å². The fourth-order valence-electron chi connectivity index (χ4n) is 2.39. The van der Waals surface area contributed by atoms with Gasteiger partial charge in [-0.2, -0.15) is 0 Å². The van der Waals surface area contributed by atoms with Gasteiger partial charge in [-0.05, 0) is 60.4 Å². The third-order valence-electron chi connectivity index (χ3n) is 3.63. The summed E-state index contributed by atoms with van der Waals surface area (Å²) >= 11 is 0. The molecule has 0 saturated carbocycles. The van der Waals surface area contributed by atoms with Gasteiger partial charge < -0.3 is 4.90 Å². The molecule has 2 aromatic rings. The van der Waals surface area contributed by atoms with Crippen molar-refractivity contribution in [1.29, 1.82) is 0 Å². The van der Waals surface area contributed by atoms with Gasteiger partial charge in [-0.25, -0.2) is 0 Å². The first kappa shape index (κ1) is 15.2. The number of hydrogen-bond donors (Lipinski definition) is 0. The molecule has 0 aliphatic heterocycles. The molecule has 0 fully saturated rings. The zero-order valence-corrected chi connectivity index (χ0v) is 13.6. The summed E-state index contributed by atoms with van der Waals surface area (Å²) < 4.78 is 0. The van der Waals surface area contributed by atoms with Gasteiger partial charge in [0, 0.05) is 30.9 Å². The molecule has 0 bridgehead atoms. The summed E-state index contributed by atoms with van der Waals surface area (Å²) in [5.41, 5.74) is 6.04. The first-order chi connectivity index (χ1) is 9.97. The molecule has 1 nitrogen and oxygen atoms in total. The van der Waals surface area contributed by atoms with Crippen molar-refractivity contribution in [3.63, 3.8) is 0 Å². The molecular formula is C20H23N. The Morgan fingerprint density at radius 2 is 1.43 bits per heavy atom. The molecule has 0 amide bonds. The van der Waals surface area contributed by atoms with E-state index >= 15 is 0 Å². The maximum absolute atomic E-state index is 3.25. The standard InChI is InChI=1S/C20H23N/c1-15(2)20-13-10-18(14-16(20)3)7-6-17-8-11-19(12-9-17)21(4)5/h8-15H,1-5H3. The lowest BCUT2D eigenvalue weighted by atomic mass is 9.96. The van der Waals surface area contributed by atoms with Crippen molar-refractivity contribution in [2.45, 2.75) is 26.7 Å². The fourth-order valence-corrected chi connectivity index (χ4v) is 2.39. The average Bonchev–Trinajstić information content (AvgIpc) is 2.45. The fraction of sp³-hybridized carbons (Fsp3) is 0.300. The highest BCUT2D eigenvalue weighted by molar-refractivity contribution is 5.51. The van der Waals surface area contributed by atoms with Gasteiger partial charge in [0.05, 0.1) is 0 Å².